The Morgan fingerprint density at radius 1 is 1.44 bits per heavy atom. The van der Waals surface area contributed by atoms with Gasteiger partial charge in [-0.1, -0.05) is 0 Å². The van der Waals surface area contributed by atoms with Gasteiger partial charge in [0.05, 0.1) is 23.5 Å². The van der Waals surface area contributed by atoms with Gasteiger partial charge in [0, 0.05) is 6.92 Å². The summed E-state index contributed by atoms with van der Waals surface area (Å²) in [6.45, 7) is 3.43. The summed E-state index contributed by atoms with van der Waals surface area (Å²) in [5.41, 5.74) is 6.87. The average Bonchev–Trinajstić information content (AvgIpc) is 2.20. The number of hydrogen-bond donors (Lipinski definition) is 2. The van der Waals surface area contributed by atoms with Crippen molar-refractivity contribution in [2.24, 2.45) is 0 Å². The fourth-order valence-corrected chi connectivity index (χ4v) is 1.21. The summed E-state index contributed by atoms with van der Waals surface area (Å²) in [5, 5.41) is 2.56. The summed E-state index contributed by atoms with van der Waals surface area (Å²) in [7, 11) is 0. The molecule has 1 aromatic rings. The van der Waals surface area contributed by atoms with Crippen LogP contribution in [0.25, 0.3) is 0 Å². The largest absolute Gasteiger partial charge is 0.462 e. The first-order valence-corrected chi connectivity index (χ1v) is 4.88. The molecule has 16 heavy (non-hydrogen) atoms. The summed E-state index contributed by atoms with van der Waals surface area (Å²) < 4.78 is 4.82. The van der Waals surface area contributed by atoms with Crippen molar-refractivity contribution in [3.8, 4) is 0 Å². The highest BCUT2D eigenvalue weighted by Gasteiger charge is 2.09. The fraction of sp³-hybridized carbons (Fsp3) is 0.273. The van der Waals surface area contributed by atoms with Crippen LogP contribution in [0.3, 0.4) is 0 Å². The van der Waals surface area contributed by atoms with Crippen molar-refractivity contribution in [1.29, 1.82) is 0 Å². The molecule has 0 saturated carbocycles. The van der Waals surface area contributed by atoms with Gasteiger partial charge in [-0.15, -0.1) is 0 Å². The van der Waals surface area contributed by atoms with Gasteiger partial charge in [-0.25, -0.2) is 4.79 Å². The molecule has 0 saturated heterocycles. The van der Waals surface area contributed by atoms with Gasteiger partial charge >= 0.3 is 5.97 Å². The molecule has 5 nitrogen and oxygen atoms in total. The summed E-state index contributed by atoms with van der Waals surface area (Å²) in [6.07, 6.45) is 0. The molecule has 0 heterocycles. The smallest absolute Gasteiger partial charge is 0.338 e. The number of nitrogen functional groups attached to an aromatic ring is 1. The Kier molecular flexibility index (Phi) is 3.88. The molecule has 3 N–H and O–H groups in total. The standard InChI is InChI=1S/C11H14N2O3/c1-3-16-11(15)8-4-5-10(9(12)6-8)13-7(2)14/h4-6H,3,12H2,1-2H3,(H,13,14). The third kappa shape index (κ3) is 2.98. The second kappa shape index (κ2) is 5.16. The van der Waals surface area contributed by atoms with Crippen LogP contribution < -0.4 is 11.1 Å². The molecule has 1 rings (SSSR count). The Hall–Kier alpha value is -2.04. The Morgan fingerprint density at radius 3 is 2.62 bits per heavy atom. The zero-order valence-electron chi connectivity index (χ0n) is 9.24. The number of ether oxygens (including phenoxy) is 1. The van der Waals surface area contributed by atoms with Crippen LogP contribution in [0.2, 0.25) is 0 Å². The van der Waals surface area contributed by atoms with E-state index in [9.17, 15) is 9.59 Å². The van der Waals surface area contributed by atoms with E-state index in [0.717, 1.165) is 0 Å². The SMILES string of the molecule is CCOC(=O)c1ccc(NC(C)=O)c(N)c1. The molecule has 1 aromatic carbocycles. The van der Waals surface area contributed by atoms with E-state index in [-0.39, 0.29) is 5.91 Å². The normalized spacial score (nSPS) is 9.62. The minimum atomic E-state index is -0.427. The lowest BCUT2D eigenvalue weighted by Crippen LogP contribution is -2.10. The lowest BCUT2D eigenvalue weighted by molar-refractivity contribution is -0.114. The van der Waals surface area contributed by atoms with Crippen LogP contribution in [-0.4, -0.2) is 18.5 Å². The summed E-state index contributed by atoms with van der Waals surface area (Å²) in [4.78, 5) is 22.2. The van der Waals surface area contributed by atoms with Gasteiger partial charge < -0.3 is 15.8 Å². The third-order valence-corrected chi connectivity index (χ3v) is 1.87. The van der Waals surface area contributed by atoms with Gasteiger partial charge in [-0.05, 0) is 25.1 Å². The molecule has 0 fully saturated rings. The molecular formula is C11H14N2O3. The van der Waals surface area contributed by atoms with E-state index in [0.29, 0.717) is 23.5 Å². The van der Waals surface area contributed by atoms with E-state index < -0.39 is 5.97 Å². The van der Waals surface area contributed by atoms with E-state index in [1.54, 1.807) is 19.1 Å². The minimum absolute atomic E-state index is 0.212. The quantitative estimate of drug-likeness (QED) is 0.598. The van der Waals surface area contributed by atoms with E-state index in [1.165, 1.54) is 13.0 Å². The van der Waals surface area contributed by atoms with Crippen molar-refractivity contribution in [2.75, 3.05) is 17.7 Å². The fourth-order valence-electron chi connectivity index (χ4n) is 1.21. The van der Waals surface area contributed by atoms with E-state index in [2.05, 4.69) is 5.32 Å². The van der Waals surface area contributed by atoms with Gasteiger partial charge in [-0.3, -0.25) is 4.79 Å². The van der Waals surface area contributed by atoms with Crippen molar-refractivity contribution in [3.63, 3.8) is 0 Å². The molecule has 5 heteroatoms. The first-order chi connectivity index (χ1) is 7.54. The second-order valence-corrected chi connectivity index (χ2v) is 3.20. The van der Waals surface area contributed by atoms with Crippen molar-refractivity contribution >= 4 is 23.3 Å². The molecule has 1 amide bonds. The molecule has 0 atom stereocenters. The molecular weight excluding hydrogens is 208 g/mol. The summed E-state index contributed by atoms with van der Waals surface area (Å²) >= 11 is 0. The van der Waals surface area contributed by atoms with Crippen molar-refractivity contribution < 1.29 is 14.3 Å². The summed E-state index contributed by atoms with van der Waals surface area (Å²) in [5.74, 6) is -0.640. The zero-order valence-corrected chi connectivity index (χ0v) is 9.24. The van der Waals surface area contributed by atoms with Crippen LogP contribution in [0.4, 0.5) is 11.4 Å². The molecule has 86 valence electrons. The van der Waals surface area contributed by atoms with Crippen molar-refractivity contribution in [3.05, 3.63) is 23.8 Å². The van der Waals surface area contributed by atoms with E-state index in [1.807, 2.05) is 0 Å². The second-order valence-electron chi connectivity index (χ2n) is 3.20. The van der Waals surface area contributed by atoms with Crippen LogP contribution in [0, 0.1) is 0 Å². The Labute approximate surface area is 93.6 Å². The number of nitrogens with one attached hydrogen (secondary N) is 1. The number of amides is 1. The number of benzene rings is 1. The molecule has 0 spiro atoms. The molecule has 0 aliphatic carbocycles. The Bertz CT molecular complexity index is 416. The minimum Gasteiger partial charge on any atom is -0.462 e. The molecule has 0 aromatic heterocycles. The Balaban J connectivity index is 2.90. The van der Waals surface area contributed by atoms with Gasteiger partial charge in [0.25, 0.3) is 0 Å². The van der Waals surface area contributed by atoms with Gasteiger partial charge in [0.2, 0.25) is 5.91 Å². The third-order valence-electron chi connectivity index (χ3n) is 1.87. The first-order valence-electron chi connectivity index (χ1n) is 4.88. The van der Waals surface area contributed by atoms with Crippen LogP contribution in [0.5, 0.6) is 0 Å². The molecule has 0 aliphatic rings. The number of anilines is 2. The lowest BCUT2D eigenvalue weighted by Gasteiger charge is -2.08. The number of esters is 1. The molecule has 0 radical (unpaired) electrons. The number of nitrogens with two attached hydrogens (primary N) is 1. The molecule has 0 aliphatic heterocycles. The maximum Gasteiger partial charge on any atom is 0.338 e. The number of carbonyl (C=O) groups is 2. The maximum absolute atomic E-state index is 11.4. The van der Waals surface area contributed by atoms with E-state index >= 15 is 0 Å². The van der Waals surface area contributed by atoms with Gasteiger partial charge in [0.15, 0.2) is 0 Å². The number of carbonyl (C=O) groups excluding carboxylic acids is 2. The maximum atomic E-state index is 11.4. The van der Waals surface area contributed by atoms with Crippen LogP contribution in [0.1, 0.15) is 24.2 Å². The van der Waals surface area contributed by atoms with Crippen molar-refractivity contribution in [2.45, 2.75) is 13.8 Å². The predicted octanol–water partition coefficient (Wildman–Crippen LogP) is 1.40. The molecule has 0 unspecified atom stereocenters. The zero-order chi connectivity index (χ0) is 12.1. The monoisotopic (exact) mass is 222 g/mol. The number of rotatable bonds is 3. The highest BCUT2D eigenvalue weighted by atomic mass is 16.5. The number of hydrogen-bond acceptors (Lipinski definition) is 4. The highest BCUT2D eigenvalue weighted by Crippen LogP contribution is 2.20. The van der Waals surface area contributed by atoms with Crippen molar-refractivity contribution in [1.82, 2.24) is 0 Å². The van der Waals surface area contributed by atoms with Gasteiger partial charge in [0.1, 0.15) is 0 Å². The van der Waals surface area contributed by atoms with Crippen LogP contribution >= 0.6 is 0 Å². The lowest BCUT2D eigenvalue weighted by atomic mass is 10.1. The van der Waals surface area contributed by atoms with Crippen LogP contribution in [-0.2, 0) is 9.53 Å². The Morgan fingerprint density at radius 2 is 2.12 bits per heavy atom. The average molecular weight is 222 g/mol. The highest BCUT2D eigenvalue weighted by molar-refractivity contribution is 5.95. The van der Waals surface area contributed by atoms with E-state index in [4.69, 9.17) is 10.5 Å². The predicted molar refractivity (Wildman–Crippen MR) is 61.1 cm³/mol. The summed E-state index contributed by atoms with van der Waals surface area (Å²) in [6, 6.07) is 4.60. The topological polar surface area (TPSA) is 81.4 Å². The van der Waals surface area contributed by atoms with Crippen LogP contribution in [0.15, 0.2) is 18.2 Å². The molecule has 0 bridgehead atoms. The van der Waals surface area contributed by atoms with Gasteiger partial charge in [-0.2, -0.15) is 0 Å². The first kappa shape index (κ1) is 12.0.